The fourth-order valence-corrected chi connectivity index (χ4v) is 0.762. The normalized spacial score (nSPS) is 10.1. The van der Waals surface area contributed by atoms with Crippen molar-refractivity contribution in [3.8, 4) is 0 Å². The number of hydrogen-bond acceptors (Lipinski definition) is 4. The maximum absolute atomic E-state index is 8.74. The molecule has 0 aromatic carbocycles. The zero-order chi connectivity index (χ0) is 12.3. The first kappa shape index (κ1) is 16.6. The highest BCUT2D eigenvalue weighted by Crippen LogP contribution is 1.99. The van der Waals surface area contributed by atoms with Crippen LogP contribution in [0.25, 0.3) is 0 Å². The van der Waals surface area contributed by atoms with Crippen LogP contribution in [0.2, 0.25) is 0 Å². The third-order valence-corrected chi connectivity index (χ3v) is 1.42. The first-order valence-electron chi connectivity index (χ1n) is 4.56. The Morgan fingerprint density at radius 2 is 1.80 bits per heavy atom. The van der Waals surface area contributed by atoms with E-state index in [4.69, 9.17) is 28.3 Å². The van der Waals surface area contributed by atoms with Crippen LogP contribution in [-0.4, -0.2) is 29.4 Å². The van der Waals surface area contributed by atoms with Crippen molar-refractivity contribution < 1.29 is 17.5 Å². The van der Waals surface area contributed by atoms with E-state index in [2.05, 4.69) is 6.92 Å². The average molecular weight is 238 g/mol. The van der Waals surface area contributed by atoms with Gasteiger partial charge >= 0.3 is 10.4 Å². The Kier molecular flexibility index (Phi) is 10.8. The van der Waals surface area contributed by atoms with Crippen LogP contribution in [0.4, 0.5) is 0 Å². The van der Waals surface area contributed by atoms with Gasteiger partial charge in [-0.2, -0.15) is 8.42 Å². The van der Waals surface area contributed by atoms with Crippen molar-refractivity contribution in [2.45, 2.75) is 39.0 Å². The number of unbranched alkanes of at least 4 members (excludes halogenated alkanes) is 1. The molecule has 7 heteroatoms. The van der Waals surface area contributed by atoms with E-state index in [1.807, 2.05) is 0 Å². The summed E-state index contributed by atoms with van der Waals surface area (Å²) in [6, 6.07) is 0. The van der Waals surface area contributed by atoms with Gasteiger partial charge in [-0.15, -0.1) is 0 Å². The van der Waals surface area contributed by atoms with Crippen LogP contribution in [0.5, 0.6) is 0 Å². The molecule has 0 aromatic heterocycles. The SMILES string of the molecule is CCCCC(=N)CCC=N.O=S(=O)(O)O. The van der Waals surface area contributed by atoms with Crippen LogP contribution in [0.1, 0.15) is 39.0 Å². The van der Waals surface area contributed by atoms with Crippen LogP contribution >= 0.6 is 0 Å². The summed E-state index contributed by atoms with van der Waals surface area (Å²) in [6.45, 7) is 2.13. The second-order valence-electron chi connectivity index (χ2n) is 2.90. The quantitative estimate of drug-likeness (QED) is 0.417. The van der Waals surface area contributed by atoms with Gasteiger partial charge < -0.3 is 10.8 Å². The third kappa shape index (κ3) is 31.9. The van der Waals surface area contributed by atoms with Gasteiger partial charge in [-0.05, 0) is 31.9 Å². The van der Waals surface area contributed by atoms with Crippen molar-refractivity contribution in [2.75, 3.05) is 0 Å². The highest BCUT2D eigenvalue weighted by Gasteiger charge is 1.93. The van der Waals surface area contributed by atoms with E-state index in [1.54, 1.807) is 0 Å². The van der Waals surface area contributed by atoms with Gasteiger partial charge in [-0.1, -0.05) is 13.3 Å². The molecule has 0 rings (SSSR count). The summed E-state index contributed by atoms with van der Waals surface area (Å²) in [7, 11) is -4.67. The number of nitrogens with one attached hydrogen (secondary N) is 2. The van der Waals surface area contributed by atoms with Crippen molar-refractivity contribution in [1.82, 2.24) is 0 Å². The smallest absolute Gasteiger partial charge is 0.313 e. The van der Waals surface area contributed by atoms with E-state index in [1.165, 1.54) is 6.21 Å². The molecule has 0 bridgehead atoms. The molecule has 15 heavy (non-hydrogen) atoms. The van der Waals surface area contributed by atoms with Gasteiger partial charge in [-0.25, -0.2) is 0 Å². The minimum atomic E-state index is -4.67. The summed E-state index contributed by atoms with van der Waals surface area (Å²) in [5.41, 5.74) is 0.797. The Morgan fingerprint density at radius 3 is 2.13 bits per heavy atom. The molecule has 0 amide bonds. The van der Waals surface area contributed by atoms with Crippen molar-refractivity contribution in [2.24, 2.45) is 0 Å². The lowest BCUT2D eigenvalue weighted by molar-refractivity contribution is 0.381. The Hall–Kier alpha value is -0.790. The van der Waals surface area contributed by atoms with Gasteiger partial charge in [0.1, 0.15) is 0 Å². The van der Waals surface area contributed by atoms with Crippen LogP contribution < -0.4 is 0 Å². The summed E-state index contributed by atoms with van der Waals surface area (Å²) in [4.78, 5) is 0. The molecule has 90 valence electrons. The molecular weight excluding hydrogens is 220 g/mol. The van der Waals surface area contributed by atoms with Crippen molar-refractivity contribution in [3.05, 3.63) is 0 Å². The monoisotopic (exact) mass is 238 g/mol. The molecule has 0 aliphatic heterocycles. The first-order chi connectivity index (χ1) is 6.81. The molecule has 0 unspecified atom stereocenters. The molecular formula is C8H18N2O4S. The zero-order valence-corrected chi connectivity index (χ0v) is 9.55. The van der Waals surface area contributed by atoms with E-state index in [0.29, 0.717) is 0 Å². The van der Waals surface area contributed by atoms with Crippen molar-refractivity contribution >= 4 is 22.3 Å². The highest BCUT2D eigenvalue weighted by atomic mass is 32.3. The largest absolute Gasteiger partial charge is 0.394 e. The van der Waals surface area contributed by atoms with Crippen LogP contribution in [0.3, 0.4) is 0 Å². The zero-order valence-electron chi connectivity index (χ0n) is 8.73. The van der Waals surface area contributed by atoms with Crippen molar-refractivity contribution in [3.63, 3.8) is 0 Å². The fraction of sp³-hybridized carbons (Fsp3) is 0.750. The summed E-state index contributed by atoms with van der Waals surface area (Å²) in [5.74, 6) is 0. The van der Waals surface area contributed by atoms with E-state index in [0.717, 1.165) is 37.8 Å². The second kappa shape index (κ2) is 9.75. The third-order valence-electron chi connectivity index (χ3n) is 1.42. The average Bonchev–Trinajstić information content (AvgIpc) is 2.08. The molecule has 0 saturated heterocycles. The van der Waals surface area contributed by atoms with E-state index < -0.39 is 10.4 Å². The molecule has 0 spiro atoms. The van der Waals surface area contributed by atoms with E-state index in [9.17, 15) is 0 Å². The lowest BCUT2D eigenvalue weighted by Crippen LogP contribution is -1.95. The molecule has 0 saturated carbocycles. The minimum Gasteiger partial charge on any atom is -0.313 e. The van der Waals surface area contributed by atoms with Crippen LogP contribution in [-0.2, 0) is 10.4 Å². The predicted molar refractivity (Wildman–Crippen MR) is 59.4 cm³/mol. The Labute approximate surface area is 90.3 Å². The van der Waals surface area contributed by atoms with Gasteiger partial charge in [0.15, 0.2) is 0 Å². The van der Waals surface area contributed by atoms with Gasteiger partial charge in [0, 0.05) is 5.71 Å². The van der Waals surface area contributed by atoms with Gasteiger partial charge in [0.05, 0.1) is 0 Å². The standard InChI is InChI=1S/C8H16N2.H2O4S/c1-2-3-5-8(10)6-4-7-9;1-5(2,3)4/h7,9-10H,2-6H2,1H3;(H2,1,2,3,4). The maximum Gasteiger partial charge on any atom is 0.394 e. The maximum atomic E-state index is 8.74. The predicted octanol–water partition coefficient (Wildman–Crippen LogP) is 1.97. The fourth-order valence-electron chi connectivity index (χ4n) is 0.762. The molecule has 0 aliphatic carbocycles. The Bertz CT molecular complexity index is 266. The van der Waals surface area contributed by atoms with E-state index in [-0.39, 0.29) is 0 Å². The lowest BCUT2D eigenvalue weighted by atomic mass is 10.1. The molecule has 4 N–H and O–H groups in total. The number of hydrogen-bond donors (Lipinski definition) is 4. The molecule has 0 atom stereocenters. The van der Waals surface area contributed by atoms with Crippen LogP contribution in [0.15, 0.2) is 0 Å². The van der Waals surface area contributed by atoms with Crippen LogP contribution in [0, 0.1) is 10.8 Å². The summed E-state index contributed by atoms with van der Waals surface area (Å²) < 4.78 is 31.6. The summed E-state index contributed by atoms with van der Waals surface area (Å²) in [6.07, 6.45) is 6.10. The van der Waals surface area contributed by atoms with E-state index >= 15 is 0 Å². The molecule has 0 aromatic rings. The highest BCUT2D eigenvalue weighted by molar-refractivity contribution is 7.79. The Morgan fingerprint density at radius 1 is 1.33 bits per heavy atom. The lowest BCUT2D eigenvalue weighted by Gasteiger charge is -1.98. The molecule has 0 fully saturated rings. The topological polar surface area (TPSA) is 122 Å². The van der Waals surface area contributed by atoms with Crippen molar-refractivity contribution in [1.29, 1.82) is 10.8 Å². The number of rotatable bonds is 6. The van der Waals surface area contributed by atoms with Gasteiger partial charge in [0.25, 0.3) is 0 Å². The second-order valence-corrected chi connectivity index (χ2v) is 3.79. The Balaban J connectivity index is 0. The van der Waals surface area contributed by atoms with Gasteiger partial charge in [-0.3, -0.25) is 9.11 Å². The molecule has 6 nitrogen and oxygen atoms in total. The minimum absolute atomic E-state index is 0.739. The van der Waals surface area contributed by atoms with Gasteiger partial charge in [0.2, 0.25) is 0 Å². The molecule has 0 heterocycles. The summed E-state index contributed by atoms with van der Waals surface area (Å²) in [5, 5.41) is 14.1. The summed E-state index contributed by atoms with van der Waals surface area (Å²) >= 11 is 0. The first-order valence-corrected chi connectivity index (χ1v) is 5.96. The molecule has 0 aliphatic rings. The molecule has 0 radical (unpaired) electrons.